The lowest BCUT2D eigenvalue weighted by Crippen LogP contribution is -2.44. The van der Waals surface area contributed by atoms with Crippen molar-refractivity contribution in [3.05, 3.63) is 36.0 Å². The second kappa shape index (κ2) is 71.7. The number of rotatable bonds is 77. The minimum atomic E-state index is -0.908. The van der Waals surface area contributed by atoms with Crippen LogP contribution >= 0.6 is 0 Å². The van der Waals surface area contributed by atoms with Gasteiger partial charge in [0.05, 0.1) is 6.04 Å². The van der Waals surface area contributed by atoms with Crippen LogP contribution in [0.3, 0.4) is 0 Å². The highest BCUT2D eigenvalue weighted by molar-refractivity contribution is 5.99. The van der Waals surface area contributed by atoms with Gasteiger partial charge in [-0.15, -0.1) is 0 Å². The molecule has 628 valence electrons. The molecule has 1 aromatic carbocycles. The number of aromatic nitrogens is 1. The predicted molar refractivity (Wildman–Crippen MR) is 428 cm³/mol. The van der Waals surface area contributed by atoms with Crippen LogP contribution in [-0.4, -0.2) is 338 Å². The Labute approximate surface area is 650 Å². The van der Waals surface area contributed by atoms with Crippen molar-refractivity contribution in [3.63, 3.8) is 0 Å². The molecule has 0 bridgehead atoms. The third kappa shape index (κ3) is 62.1. The number of H-pyrrole nitrogens is 1. The Morgan fingerprint density at radius 1 is 0.264 bits per heavy atom. The lowest BCUT2D eigenvalue weighted by Gasteiger charge is -2.11. The molecule has 0 saturated heterocycles. The van der Waals surface area contributed by atoms with Crippen LogP contribution in [-0.2, 0) is 59.2 Å². The highest BCUT2D eigenvalue weighted by atomic mass is 16.2. The van der Waals surface area contributed by atoms with Crippen LogP contribution in [0, 0.1) is 0 Å². The standard InChI is InChI=1S/C71H138N28O11/c72-15-16-74-17-18-75-19-28-80-37-46-89-61(100)5-6-62(101)90-47-38-81-29-20-76-21-30-82-39-48-91-63(102)7-8-64(103)92-49-40-83-31-22-77-23-32-84-41-50-93-65(104)9-10-66(105)94-51-42-85-33-24-78-25-34-86-43-52-95-67(106)11-12-68(107)96-53-44-87-35-26-79-27-36-88-45-54-97-69(108)13-14-70(109)99-71(110)59(73)55-57-56-98-60-4-2-1-3-58(57)60/h1-4,56,59,74-88,98H,5-55,72-73H2,(H,89,100)(H,90,101)(H,91,102)(H,92,103)(H,93,104)(H,94,105)(H,95,106)(H,96,107)(H,97,108)(H,99,109,110)/t59-/m0/s1. The maximum absolute atomic E-state index is 12.5. The molecule has 110 heavy (non-hydrogen) atoms. The fourth-order valence-corrected chi connectivity index (χ4v) is 10.2. The summed E-state index contributed by atoms with van der Waals surface area (Å²) in [5.74, 6) is -2.80. The van der Waals surface area contributed by atoms with E-state index in [1.54, 1.807) is 6.20 Å². The van der Waals surface area contributed by atoms with E-state index in [-0.39, 0.29) is 124 Å². The molecule has 0 saturated carbocycles. The summed E-state index contributed by atoms with van der Waals surface area (Å²) in [5, 5.41) is 77.7. The van der Waals surface area contributed by atoms with Gasteiger partial charge in [-0.25, -0.2) is 0 Å². The average Bonchev–Trinajstić information content (AvgIpc) is 1.69. The van der Waals surface area contributed by atoms with Crippen molar-refractivity contribution in [2.45, 2.75) is 76.7 Å². The minimum absolute atomic E-state index is 0.0480. The Morgan fingerprint density at radius 2 is 0.455 bits per heavy atom. The number of fused-ring (bicyclic) bond motifs is 1. The topological polar surface area (TPSA) is 556 Å². The molecular weight excluding hydrogens is 1420 g/mol. The lowest BCUT2D eigenvalue weighted by molar-refractivity contribution is -0.133. The summed E-state index contributed by atoms with van der Waals surface area (Å²) in [5.41, 5.74) is 13.3. The highest BCUT2D eigenvalue weighted by Gasteiger charge is 2.20. The lowest BCUT2D eigenvalue weighted by atomic mass is 10.1. The second-order valence-corrected chi connectivity index (χ2v) is 25.8. The zero-order chi connectivity index (χ0) is 79.6. The van der Waals surface area contributed by atoms with Crippen molar-refractivity contribution in [1.29, 1.82) is 0 Å². The molecule has 0 fully saturated rings. The maximum atomic E-state index is 12.5. The average molecular weight is 1560 g/mol. The molecule has 1 atom stereocenters. The molecule has 0 aliphatic heterocycles. The quantitative estimate of drug-likeness (QED) is 0.0274. The molecule has 0 aliphatic rings. The van der Waals surface area contributed by atoms with E-state index in [0.717, 1.165) is 121 Å². The number of nitrogens with two attached hydrogens (primary N) is 2. The number of carbonyl (C=O) groups excluding carboxylic acids is 11. The number of imide groups is 1. The summed E-state index contributed by atoms with van der Waals surface area (Å²) in [4.78, 5) is 137. The summed E-state index contributed by atoms with van der Waals surface area (Å²) < 4.78 is 0. The van der Waals surface area contributed by atoms with Crippen molar-refractivity contribution < 1.29 is 52.7 Å². The molecule has 0 aliphatic carbocycles. The molecule has 1 aromatic heterocycles. The fraction of sp³-hybridized carbons (Fsp3) is 0.732. The van der Waals surface area contributed by atoms with E-state index in [1.807, 2.05) is 24.3 Å². The van der Waals surface area contributed by atoms with E-state index < -0.39 is 17.9 Å². The number of nitrogens with one attached hydrogen (secondary N) is 26. The molecule has 0 radical (unpaired) electrons. The van der Waals surface area contributed by atoms with E-state index in [9.17, 15) is 52.7 Å². The SMILES string of the molecule is NCCNCCNCCNCCNC(=O)CCC(=O)NCCNCCNCCNCCNC(=O)CCC(=O)NCCNCCNCCNCCNC(=O)CCC(=O)NCCNCCNCCNCCNC(=O)CCC(=O)NCCNCCNCCNCCNC(=O)CCC(=O)NC(=O)[C@@H](N)Cc1c[nH]c2ccccc12. The van der Waals surface area contributed by atoms with Gasteiger partial charge >= 0.3 is 0 Å². The summed E-state index contributed by atoms with van der Waals surface area (Å²) in [7, 11) is 0. The smallest absolute Gasteiger partial charge is 0.243 e. The van der Waals surface area contributed by atoms with Gasteiger partial charge in [-0.3, -0.25) is 58.1 Å². The Hall–Kier alpha value is -7.55. The molecule has 39 heteroatoms. The Balaban J connectivity index is 1.21. The van der Waals surface area contributed by atoms with Crippen LogP contribution < -0.4 is 144 Å². The number of aromatic amines is 1. The molecule has 30 N–H and O–H groups in total. The third-order valence-electron chi connectivity index (χ3n) is 16.3. The number of hydrogen-bond acceptors (Lipinski definition) is 28. The first-order valence-corrected chi connectivity index (χ1v) is 39.5. The number of hydrogen-bond donors (Lipinski definition) is 28. The number of amides is 11. The molecule has 39 nitrogen and oxygen atoms in total. The van der Waals surface area contributed by atoms with Crippen LogP contribution in [0.5, 0.6) is 0 Å². The van der Waals surface area contributed by atoms with Gasteiger partial charge in [-0.05, 0) is 18.1 Å². The van der Waals surface area contributed by atoms with E-state index in [0.29, 0.717) is 157 Å². The van der Waals surface area contributed by atoms with Gasteiger partial charge in [0.2, 0.25) is 65.0 Å². The normalized spacial score (nSPS) is 11.4. The molecule has 0 spiro atoms. The predicted octanol–water partition coefficient (Wildman–Crippen LogP) is -10.6. The molecule has 2 aromatic rings. The first-order valence-electron chi connectivity index (χ1n) is 39.5. The van der Waals surface area contributed by atoms with Crippen LogP contribution in [0.15, 0.2) is 30.5 Å². The van der Waals surface area contributed by atoms with Gasteiger partial charge in [0.1, 0.15) is 0 Å². The number of carbonyl (C=O) groups is 11. The van der Waals surface area contributed by atoms with Crippen molar-refractivity contribution in [2.24, 2.45) is 11.5 Å². The molecule has 11 amide bonds. The minimum Gasteiger partial charge on any atom is -0.361 e. The summed E-state index contributed by atoms with van der Waals surface area (Å²) in [6.07, 6.45) is 2.87. The second-order valence-electron chi connectivity index (χ2n) is 25.8. The number of para-hydroxylation sites is 1. The van der Waals surface area contributed by atoms with Crippen molar-refractivity contribution in [3.8, 4) is 0 Å². The van der Waals surface area contributed by atoms with Gasteiger partial charge in [0.25, 0.3) is 0 Å². The molecule has 1 heterocycles. The first-order chi connectivity index (χ1) is 53.7. The van der Waals surface area contributed by atoms with E-state index in [4.69, 9.17) is 11.5 Å². The van der Waals surface area contributed by atoms with Gasteiger partial charge in [0.15, 0.2) is 0 Å². The van der Waals surface area contributed by atoms with E-state index in [2.05, 4.69) is 138 Å². The van der Waals surface area contributed by atoms with Crippen LogP contribution in [0.4, 0.5) is 0 Å². The van der Waals surface area contributed by atoms with Gasteiger partial charge in [-0.1, -0.05) is 18.2 Å². The van der Waals surface area contributed by atoms with Crippen molar-refractivity contribution >= 4 is 75.9 Å². The first kappa shape index (κ1) is 98.5. The Morgan fingerprint density at radius 3 is 0.673 bits per heavy atom. The van der Waals surface area contributed by atoms with Gasteiger partial charge < -0.3 is 144 Å². The van der Waals surface area contributed by atoms with Crippen molar-refractivity contribution in [1.82, 2.24) is 138 Å². The maximum Gasteiger partial charge on any atom is 0.243 e. The van der Waals surface area contributed by atoms with Gasteiger partial charge in [0, 0.05) is 343 Å². The van der Waals surface area contributed by atoms with E-state index in [1.165, 1.54) is 0 Å². The fourth-order valence-electron chi connectivity index (χ4n) is 10.2. The molecular formula is C71H138N28O11. The summed E-state index contributed by atoms with van der Waals surface area (Å²) in [6, 6.07) is 6.77. The van der Waals surface area contributed by atoms with Crippen LogP contribution in [0.1, 0.15) is 69.8 Å². The zero-order valence-electron chi connectivity index (χ0n) is 65.2. The summed E-state index contributed by atoms with van der Waals surface area (Å²) >= 11 is 0. The van der Waals surface area contributed by atoms with Crippen LogP contribution in [0.2, 0.25) is 0 Å². The van der Waals surface area contributed by atoms with Gasteiger partial charge in [-0.2, -0.15) is 0 Å². The van der Waals surface area contributed by atoms with Crippen LogP contribution in [0.25, 0.3) is 10.9 Å². The monoisotopic (exact) mass is 1560 g/mol. The Bertz CT molecular complexity index is 2780. The van der Waals surface area contributed by atoms with E-state index >= 15 is 0 Å². The van der Waals surface area contributed by atoms with Crippen molar-refractivity contribution in [2.75, 3.05) is 262 Å². The highest BCUT2D eigenvalue weighted by Crippen LogP contribution is 2.19. The zero-order valence-corrected chi connectivity index (χ0v) is 65.2. The molecule has 2 rings (SSSR count). The number of benzene rings is 1. The Kier molecular flexibility index (Phi) is 64.3. The summed E-state index contributed by atoms with van der Waals surface area (Å²) in [6.45, 7) is 26.0. The molecule has 0 unspecified atom stereocenters. The third-order valence-corrected chi connectivity index (χ3v) is 16.3. The largest absolute Gasteiger partial charge is 0.361 e.